The highest BCUT2D eigenvalue weighted by Gasteiger charge is 2.10. The summed E-state index contributed by atoms with van der Waals surface area (Å²) >= 11 is 0. The van der Waals surface area contributed by atoms with E-state index in [-0.39, 0.29) is 6.10 Å². The molecule has 0 spiro atoms. The number of hydrogen-bond donors (Lipinski definition) is 2. The van der Waals surface area contributed by atoms with Crippen LogP contribution in [0, 0.1) is 0 Å². The van der Waals surface area contributed by atoms with Gasteiger partial charge in [0.05, 0.1) is 6.10 Å². The van der Waals surface area contributed by atoms with Gasteiger partial charge >= 0.3 is 0 Å². The highest BCUT2D eigenvalue weighted by molar-refractivity contribution is 5.79. The normalized spacial score (nSPS) is 12.7. The Bertz CT molecular complexity index is 599. The minimum Gasteiger partial charge on any atom is -0.375 e. The minimum atomic E-state index is 0.00840. The van der Waals surface area contributed by atoms with Crippen LogP contribution in [-0.4, -0.2) is 33.2 Å². The Kier molecular flexibility index (Phi) is 7.84. The summed E-state index contributed by atoms with van der Waals surface area (Å²) in [6, 6.07) is 20.7. The van der Waals surface area contributed by atoms with E-state index in [1.54, 1.807) is 14.2 Å². The molecule has 0 aliphatic rings. The smallest absolute Gasteiger partial charge is 0.191 e. The molecule has 0 radical (unpaired) electrons. The molecule has 0 aliphatic carbocycles. The summed E-state index contributed by atoms with van der Waals surface area (Å²) in [7, 11) is 3.52. The fourth-order valence-electron chi connectivity index (χ4n) is 2.56. The molecule has 0 aliphatic heterocycles. The Morgan fingerprint density at radius 1 is 1.00 bits per heavy atom. The fourth-order valence-corrected chi connectivity index (χ4v) is 2.56. The zero-order chi connectivity index (χ0) is 17.0. The first-order valence-electron chi connectivity index (χ1n) is 8.39. The van der Waals surface area contributed by atoms with Gasteiger partial charge in [0.2, 0.25) is 0 Å². The third-order valence-corrected chi connectivity index (χ3v) is 3.91. The van der Waals surface area contributed by atoms with Crippen LogP contribution in [0.1, 0.15) is 23.7 Å². The van der Waals surface area contributed by atoms with E-state index in [1.807, 2.05) is 24.3 Å². The Morgan fingerprint density at radius 2 is 1.67 bits per heavy atom. The lowest BCUT2D eigenvalue weighted by Gasteiger charge is -2.18. The van der Waals surface area contributed by atoms with Crippen LogP contribution in [0.25, 0.3) is 0 Å². The molecule has 0 saturated heterocycles. The lowest BCUT2D eigenvalue weighted by molar-refractivity contribution is 0.106. The molecule has 1 atom stereocenters. The largest absolute Gasteiger partial charge is 0.375 e. The van der Waals surface area contributed by atoms with E-state index < -0.39 is 0 Å². The molecule has 4 heteroatoms. The standard InChI is InChI=1S/C20H27N3O/c1-21-20(22-15-9-12-17-10-5-3-6-11-17)23-16-19(24-2)18-13-7-4-8-14-18/h3-8,10-11,13-14,19H,9,12,15-16H2,1-2H3,(H2,21,22,23). The van der Waals surface area contributed by atoms with Crippen LogP contribution in [0.3, 0.4) is 0 Å². The van der Waals surface area contributed by atoms with Crippen molar-refractivity contribution in [2.45, 2.75) is 18.9 Å². The van der Waals surface area contributed by atoms with Gasteiger partial charge in [-0.05, 0) is 24.0 Å². The average molecular weight is 325 g/mol. The summed E-state index contributed by atoms with van der Waals surface area (Å²) in [4.78, 5) is 4.27. The molecular formula is C20H27N3O. The molecular weight excluding hydrogens is 298 g/mol. The molecule has 24 heavy (non-hydrogen) atoms. The lowest BCUT2D eigenvalue weighted by atomic mass is 10.1. The van der Waals surface area contributed by atoms with Crippen LogP contribution in [0.4, 0.5) is 0 Å². The maximum absolute atomic E-state index is 5.57. The second kappa shape index (κ2) is 10.4. The predicted molar refractivity (Wildman–Crippen MR) is 100 cm³/mol. The number of nitrogens with one attached hydrogen (secondary N) is 2. The van der Waals surface area contributed by atoms with E-state index in [0.29, 0.717) is 6.54 Å². The number of guanidine groups is 1. The van der Waals surface area contributed by atoms with E-state index in [1.165, 1.54) is 5.56 Å². The topological polar surface area (TPSA) is 45.7 Å². The maximum Gasteiger partial charge on any atom is 0.191 e. The molecule has 0 saturated carbocycles. The molecule has 0 fully saturated rings. The van der Waals surface area contributed by atoms with Crippen molar-refractivity contribution in [2.75, 3.05) is 27.2 Å². The molecule has 0 bridgehead atoms. The van der Waals surface area contributed by atoms with Crippen LogP contribution >= 0.6 is 0 Å². The van der Waals surface area contributed by atoms with Crippen molar-refractivity contribution in [3.05, 3.63) is 71.8 Å². The van der Waals surface area contributed by atoms with E-state index in [0.717, 1.165) is 30.9 Å². The van der Waals surface area contributed by atoms with Gasteiger partial charge in [0.15, 0.2) is 5.96 Å². The number of ether oxygens (including phenoxy) is 1. The van der Waals surface area contributed by atoms with Gasteiger partial charge in [-0.2, -0.15) is 0 Å². The number of aliphatic imine (C=N–C) groups is 1. The van der Waals surface area contributed by atoms with Crippen LogP contribution in [0.5, 0.6) is 0 Å². The second-order valence-electron chi connectivity index (χ2n) is 5.60. The maximum atomic E-state index is 5.57. The van der Waals surface area contributed by atoms with Crippen molar-refractivity contribution >= 4 is 5.96 Å². The monoisotopic (exact) mass is 325 g/mol. The van der Waals surface area contributed by atoms with Crippen molar-refractivity contribution in [3.63, 3.8) is 0 Å². The third kappa shape index (κ3) is 6.05. The van der Waals surface area contributed by atoms with Crippen molar-refractivity contribution in [2.24, 2.45) is 4.99 Å². The quantitative estimate of drug-likeness (QED) is 0.445. The van der Waals surface area contributed by atoms with E-state index in [9.17, 15) is 0 Å². The summed E-state index contributed by atoms with van der Waals surface area (Å²) in [5.74, 6) is 0.807. The molecule has 1 unspecified atom stereocenters. The minimum absolute atomic E-state index is 0.00840. The molecule has 2 N–H and O–H groups in total. The third-order valence-electron chi connectivity index (χ3n) is 3.91. The van der Waals surface area contributed by atoms with Crippen LogP contribution < -0.4 is 10.6 Å². The van der Waals surface area contributed by atoms with E-state index >= 15 is 0 Å². The summed E-state index contributed by atoms with van der Waals surface area (Å²) in [5, 5.41) is 6.69. The first kappa shape index (κ1) is 18.0. The SMILES string of the molecule is CN=C(NCCCc1ccccc1)NCC(OC)c1ccccc1. The number of benzene rings is 2. The Morgan fingerprint density at radius 3 is 2.29 bits per heavy atom. The molecule has 0 amide bonds. The summed E-state index contributed by atoms with van der Waals surface area (Å²) in [6.07, 6.45) is 2.14. The Balaban J connectivity index is 1.72. The van der Waals surface area contributed by atoms with Gasteiger partial charge in [0.25, 0.3) is 0 Å². The molecule has 2 aromatic rings. The van der Waals surface area contributed by atoms with Crippen molar-refractivity contribution in [3.8, 4) is 0 Å². The van der Waals surface area contributed by atoms with Gasteiger partial charge in [-0.25, -0.2) is 0 Å². The van der Waals surface area contributed by atoms with Crippen LogP contribution in [0.15, 0.2) is 65.7 Å². The molecule has 2 rings (SSSR count). The highest BCUT2D eigenvalue weighted by Crippen LogP contribution is 2.14. The Hall–Kier alpha value is -2.33. The van der Waals surface area contributed by atoms with Crippen LogP contribution in [-0.2, 0) is 11.2 Å². The van der Waals surface area contributed by atoms with Crippen molar-refractivity contribution < 1.29 is 4.74 Å². The summed E-state index contributed by atoms with van der Waals surface area (Å²) in [6.45, 7) is 1.57. The van der Waals surface area contributed by atoms with Crippen molar-refractivity contribution in [1.29, 1.82) is 0 Å². The first-order chi connectivity index (χ1) is 11.8. The second-order valence-corrected chi connectivity index (χ2v) is 5.60. The molecule has 0 heterocycles. The number of rotatable bonds is 8. The molecule has 128 valence electrons. The van der Waals surface area contributed by atoms with Crippen LogP contribution in [0.2, 0.25) is 0 Å². The number of hydrogen-bond acceptors (Lipinski definition) is 2. The molecule has 4 nitrogen and oxygen atoms in total. The zero-order valence-electron chi connectivity index (χ0n) is 14.5. The lowest BCUT2D eigenvalue weighted by Crippen LogP contribution is -2.40. The average Bonchev–Trinajstić information content (AvgIpc) is 2.65. The van der Waals surface area contributed by atoms with Gasteiger partial charge in [-0.15, -0.1) is 0 Å². The van der Waals surface area contributed by atoms with E-state index in [2.05, 4.69) is 52.0 Å². The van der Waals surface area contributed by atoms with Gasteiger partial charge in [0, 0.05) is 27.2 Å². The van der Waals surface area contributed by atoms with Crippen molar-refractivity contribution in [1.82, 2.24) is 10.6 Å². The zero-order valence-corrected chi connectivity index (χ0v) is 14.5. The number of nitrogens with zero attached hydrogens (tertiary/aromatic N) is 1. The predicted octanol–water partition coefficient (Wildman–Crippen LogP) is 3.17. The van der Waals surface area contributed by atoms with E-state index in [4.69, 9.17) is 4.74 Å². The first-order valence-corrected chi connectivity index (χ1v) is 8.39. The Labute approximate surface area is 145 Å². The molecule has 2 aromatic carbocycles. The number of methoxy groups -OCH3 is 1. The molecule has 0 aromatic heterocycles. The number of aryl methyl sites for hydroxylation is 1. The van der Waals surface area contributed by atoms with Gasteiger partial charge in [0.1, 0.15) is 0 Å². The summed E-state index contributed by atoms with van der Waals surface area (Å²) in [5.41, 5.74) is 2.53. The van der Waals surface area contributed by atoms with Gasteiger partial charge in [-0.1, -0.05) is 60.7 Å². The van der Waals surface area contributed by atoms with Gasteiger partial charge in [-0.3, -0.25) is 4.99 Å². The van der Waals surface area contributed by atoms with Gasteiger partial charge < -0.3 is 15.4 Å². The highest BCUT2D eigenvalue weighted by atomic mass is 16.5. The summed E-state index contributed by atoms with van der Waals surface area (Å²) < 4.78 is 5.57. The fraction of sp³-hybridized carbons (Fsp3) is 0.350.